The number of carbonyl (C=O) groups is 1. The van der Waals surface area contributed by atoms with Gasteiger partial charge in [0, 0.05) is 10.6 Å². The molecule has 5 heteroatoms. The minimum atomic E-state index is -1.05. The van der Waals surface area contributed by atoms with E-state index < -0.39 is 5.97 Å². The molecule has 0 aliphatic heterocycles. The van der Waals surface area contributed by atoms with Gasteiger partial charge in [0.25, 0.3) is 0 Å². The number of carboxylic acids is 1. The molecule has 0 saturated carbocycles. The van der Waals surface area contributed by atoms with E-state index in [1.165, 1.54) is 6.07 Å². The predicted molar refractivity (Wildman–Crippen MR) is 75.5 cm³/mol. The first-order chi connectivity index (χ1) is 8.97. The van der Waals surface area contributed by atoms with Crippen LogP contribution < -0.4 is 5.73 Å². The molecule has 100 valence electrons. The number of thioether (sulfide) groups is 1. The van der Waals surface area contributed by atoms with Crippen LogP contribution in [-0.2, 0) is 0 Å². The van der Waals surface area contributed by atoms with Crippen LogP contribution >= 0.6 is 11.8 Å². The molecule has 1 unspecified atom stereocenters. The van der Waals surface area contributed by atoms with E-state index in [0.29, 0.717) is 5.76 Å². The van der Waals surface area contributed by atoms with E-state index >= 15 is 0 Å². The van der Waals surface area contributed by atoms with Gasteiger partial charge in [0.05, 0.1) is 5.25 Å². The summed E-state index contributed by atoms with van der Waals surface area (Å²) in [5, 5.41) is 8.87. The molecule has 2 rings (SSSR count). The van der Waals surface area contributed by atoms with Gasteiger partial charge in [-0.2, -0.15) is 0 Å². The number of nitrogens with two attached hydrogens (primary N) is 1. The summed E-state index contributed by atoms with van der Waals surface area (Å²) in [6.45, 7) is 3.97. The molecule has 0 aliphatic carbocycles. The Balaban J connectivity index is 2.15. The van der Waals surface area contributed by atoms with Gasteiger partial charge in [-0.05, 0) is 49.7 Å². The van der Waals surface area contributed by atoms with Gasteiger partial charge in [-0.15, -0.1) is 11.8 Å². The van der Waals surface area contributed by atoms with Crippen molar-refractivity contribution in [1.29, 1.82) is 0 Å². The van der Waals surface area contributed by atoms with E-state index in [4.69, 9.17) is 15.3 Å². The number of furan rings is 1. The lowest BCUT2D eigenvalue weighted by Crippen LogP contribution is -1.93. The number of aryl methyl sites for hydroxylation is 1. The molecule has 1 aromatic heterocycles. The number of aromatic carboxylic acids is 1. The molecule has 2 aromatic rings. The maximum Gasteiger partial charge on any atom is 0.371 e. The van der Waals surface area contributed by atoms with Crippen LogP contribution in [0.2, 0.25) is 0 Å². The van der Waals surface area contributed by atoms with Crippen LogP contribution in [0.15, 0.2) is 39.6 Å². The average molecular weight is 277 g/mol. The fourth-order valence-corrected chi connectivity index (χ4v) is 2.75. The number of benzene rings is 1. The summed E-state index contributed by atoms with van der Waals surface area (Å²) < 4.78 is 5.30. The molecule has 19 heavy (non-hydrogen) atoms. The number of carboxylic acid groups (broad SMARTS) is 1. The van der Waals surface area contributed by atoms with Gasteiger partial charge < -0.3 is 15.3 Å². The van der Waals surface area contributed by atoms with Crippen molar-refractivity contribution in [3.05, 3.63) is 47.4 Å². The second-order valence-corrected chi connectivity index (χ2v) is 5.67. The first-order valence-corrected chi connectivity index (χ1v) is 6.71. The van der Waals surface area contributed by atoms with Crippen molar-refractivity contribution in [2.24, 2.45) is 0 Å². The van der Waals surface area contributed by atoms with E-state index in [1.807, 2.05) is 32.0 Å². The molecule has 0 radical (unpaired) electrons. The first-order valence-electron chi connectivity index (χ1n) is 5.83. The summed E-state index contributed by atoms with van der Waals surface area (Å²) in [4.78, 5) is 11.9. The Morgan fingerprint density at radius 3 is 2.68 bits per heavy atom. The summed E-state index contributed by atoms with van der Waals surface area (Å²) in [7, 11) is 0. The van der Waals surface area contributed by atoms with E-state index in [2.05, 4.69) is 0 Å². The molecule has 0 fully saturated rings. The summed E-state index contributed by atoms with van der Waals surface area (Å²) in [5.41, 5.74) is 7.55. The minimum Gasteiger partial charge on any atom is -0.475 e. The van der Waals surface area contributed by atoms with Gasteiger partial charge in [0.2, 0.25) is 5.76 Å². The third-order valence-electron chi connectivity index (χ3n) is 2.74. The molecular formula is C14H15NO3S. The molecule has 3 N–H and O–H groups in total. The highest BCUT2D eigenvalue weighted by molar-refractivity contribution is 7.99. The van der Waals surface area contributed by atoms with Crippen LogP contribution in [-0.4, -0.2) is 11.1 Å². The smallest absolute Gasteiger partial charge is 0.371 e. The second-order valence-electron chi connectivity index (χ2n) is 4.29. The van der Waals surface area contributed by atoms with Gasteiger partial charge in [-0.1, -0.05) is 0 Å². The van der Waals surface area contributed by atoms with Crippen LogP contribution in [0.25, 0.3) is 0 Å². The van der Waals surface area contributed by atoms with Crippen LogP contribution in [0.4, 0.5) is 5.69 Å². The van der Waals surface area contributed by atoms with E-state index in [9.17, 15) is 4.79 Å². The lowest BCUT2D eigenvalue weighted by Gasteiger charge is -2.11. The van der Waals surface area contributed by atoms with Crippen molar-refractivity contribution in [3.63, 3.8) is 0 Å². The Bertz CT molecular complexity index is 606. The highest BCUT2D eigenvalue weighted by atomic mass is 32.2. The first kappa shape index (κ1) is 13.5. The standard InChI is InChI=1S/C14H15NO3S/c1-8-7-10(15)3-6-13(8)19-9(2)11-4-5-12(18-11)14(16)17/h3-7,9H,15H2,1-2H3,(H,16,17). The maximum absolute atomic E-state index is 10.8. The van der Waals surface area contributed by atoms with Gasteiger partial charge in [0.1, 0.15) is 5.76 Å². The van der Waals surface area contributed by atoms with Crippen LogP contribution in [0.3, 0.4) is 0 Å². The van der Waals surface area contributed by atoms with Crippen molar-refractivity contribution in [1.82, 2.24) is 0 Å². The molecule has 4 nitrogen and oxygen atoms in total. The van der Waals surface area contributed by atoms with E-state index in [0.717, 1.165) is 16.1 Å². The zero-order chi connectivity index (χ0) is 14.0. The molecule has 1 atom stereocenters. The zero-order valence-corrected chi connectivity index (χ0v) is 11.5. The normalized spacial score (nSPS) is 12.3. The van der Waals surface area contributed by atoms with Crippen molar-refractivity contribution in [2.45, 2.75) is 24.0 Å². The topological polar surface area (TPSA) is 76.5 Å². The SMILES string of the molecule is Cc1cc(N)ccc1SC(C)c1ccc(C(=O)O)o1. The maximum atomic E-state index is 10.8. The third kappa shape index (κ3) is 3.12. The largest absolute Gasteiger partial charge is 0.475 e. The molecule has 0 spiro atoms. The van der Waals surface area contributed by atoms with Gasteiger partial charge >= 0.3 is 5.97 Å². The van der Waals surface area contributed by atoms with Crippen LogP contribution in [0, 0.1) is 6.92 Å². The van der Waals surface area contributed by atoms with Gasteiger partial charge in [0.15, 0.2) is 0 Å². The molecular weight excluding hydrogens is 262 g/mol. The minimum absolute atomic E-state index is 0.0310. The Kier molecular flexibility index (Phi) is 3.85. The highest BCUT2D eigenvalue weighted by Crippen LogP contribution is 2.37. The average Bonchev–Trinajstić information content (AvgIpc) is 2.82. The van der Waals surface area contributed by atoms with Crippen molar-refractivity contribution < 1.29 is 14.3 Å². The molecule has 0 amide bonds. The number of anilines is 1. The third-order valence-corrected chi connectivity index (χ3v) is 4.04. The Morgan fingerprint density at radius 1 is 1.37 bits per heavy atom. The molecule has 1 aromatic carbocycles. The number of hydrogen-bond donors (Lipinski definition) is 2. The monoisotopic (exact) mass is 277 g/mol. The number of nitrogen functional groups attached to an aromatic ring is 1. The van der Waals surface area contributed by atoms with Gasteiger partial charge in [-0.25, -0.2) is 4.79 Å². The van der Waals surface area contributed by atoms with Crippen molar-refractivity contribution in [3.8, 4) is 0 Å². The lowest BCUT2D eigenvalue weighted by molar-refractivity contribution is 0.0660. The fraction of sp³-hybridized carbons (Fsp3) is 0.214. The summed E-state index contributed by atoms with van der Waals surface area (Å²) in [5.74, 6) is -0.429. The molecule has 0 saturated heterocycles. The van der Waals surface area contributed by atoms with E-state index in [-0.39, 0.29) is 11.0 Å². The molecule has 1 heterocycles. The number of hydrogen-bond acceptors (Lipinski definition) is 4. The number of rotatable bonds is 4. The highest BCUT2D eigenvalue weighted by Gasteiger charge is 2.16. The lowest BCUT2D eigenvalue weighted by atomic mass is 10.2. The van der Waals surface area contributed by atoms with Crippen LogP contribution in [0.1, 0.15) is 34.1 Å². The fourth-order valence-electron chi connectivity index (χ4n) is 1.74. The summed E-state index contributed by atoms with van der Waals surface area (Å²) in [6.07, 6.45) is 0. The Hall–Kier alpha value is -1.88. The second kappa shape index (κ2) is 5.40. The summed E-state index contributed by atoms with van der Waals surface area (Å²) >= 11 is 1.61. The van der Waals surface area contributed by atoms with Crippen LogP contribution in [0.5, 0.6) is 0 Å². The van der Waals surface area contributed by atoms with E-state index in [1.54, 1.807) is 17.8 Å². The Labute approximate surface area is 115 Å². The molecule has 0 aliphatic rings. The predicted octanol–water partition coefficient (Wildman–Crippen LogP) is 3.72. The quantitative estimate of drug-likeness (QED) is 0.658. The molecule has 0 bridgehead atoms. The van der Waals surface area contributed by atoms with Crippen molar-refractivity contribution >= 4 is 23.4 Å². The van der Waals surface area contributed by atoms with Crippen molar-refractivity contribution in [2.75, 3.05) is 5.73 Å². The zero-order valence-electron chi connectivity index (χ0n) is 10.7. The summed E-state index contributed by atoms with van der Waals surface area (Å²) in [6, 6.07) is 8.91. The Morgan fingerprint density at radius 2 is 2.11 bits per heavy atom. The van der Waals surface area contributed by atoms with Gasteiger partial charge in [-0.3, -0.25) is 0 Å².